The van der Waals surface area contributed by atoms with Gasteiger partial charge in [0, 0.05) is 6.20 Å². The fourth-order valence-electron chi connectivity index (χ4n) is 2.22. The molecule has 1 aromatic heterocycles. The highest BCUT2D eigenvalue weighted by Crippen LogP contribution is 2.20. The number of hydrogen-bond acceptors (Lipinski definition) is 6. The molecule has 1 aliphatic rings. The fraction of sp³-hybridized carbons (Fsp3) is 0.438. The number of pyridine rings is 1. The second kappa shape index (κ2) is 7.69. The molecule has 2 N–H and O–H groups in total. The zero-order valence-corrected chi connectivity index (χ0v) is 15.3. The number of halogens is 1. The van der Waals surface area contributed by atoms with Crippen molar-refractivity contribution in [1.29, 1.82) is 0 Å². The molecule has 2 heterocycles. The van der Waals surface area contributed by atoms with E-state index in [1.807, 2.05) is 0 Å². The third-order valence-electron chi connectivity index (χ3n) is 4.00. The van der Waals surface area contributed by atoms with E-state index in [0.717, 1.165) is 4.90 Å². The Morgan fingerprint density at radius 3 is 2.65 bits per heavy atom. The molecule has 0 aromatic carbocycles. The van der Waals surface area contributed by atoms with E-state index in [2.05, 4.69) is 15.6 Å². The number of anilines is 1. The van der Waals surface area contributed by atoms with Gasteiger partial charge in [-0.25, -0.2) is 9.78 Å². The van der Waals surface area contributed by atoms with Crippen LogP contribution in [0.25, 0.3) is 0 Å². The Morgan fingerprint density at radius 2 is 2.12 bits per heavy atom. The molecule has 1 fully saturated rings. The number of ether oxygens (including phenoxy) is 1. The highest BCUT2D eigenvalue weighted by atomic mass is 35.5. The average Bonchev–Trinajstić information content (AvgIpc) is 2.80. The zero-order valence-electron chi connectivity index (χ0n) is 14.5. The van der Waals surface area contributed by atoms with Crippen LogP contribution in [0.1, 0.15) is 27.2 Å². The molecule has 0 radical (unpaired) electrons. The molecule has 26 heavy (non-hydrogen) atoms. The molecule has 140 valence electrons. The Bertz CT molecular complexity index is 739. The van der Waals surface area contributed by atoms with Gasteiger partial charge in [0.05, 0.1) is 5.02 Å². The van der Waals surface area contributed by atoms with Crippen LogP contribution in [0, 0.1) is 0 Å². The van der Waals surface area contributed by atoms with Gasteiger partial charge < -0.3 is 15.4 Å². The lowest BCUT2D eigenvalue weighted by molar-refractivity contribution is -0.155. The van der Waals surface area contributed by atoms with Crippen molar-refractivity contribution in [2.24, 2.45) is 0 Å². The van der Waals surface area contributed by atoms with E-state index in [9.17, 15) is 19.2 Å². The lowest BCUT2D eigenvalue weighted by atomic mass is 9.99. The van der Waals surface area contributed by atoms with Crippen LogP contribution in [-0.4, -0.2) is 51.9 Å². The molecular weight excluding hydrogens is 364 g/mol. The molecule has 10 heteroatoms. The Labute approximate surface area is 155 Å². The van der Waals surface area contributed by atoms with E-state index >= 15 is 0 Å². The van der Waals surface area contributed by atoms with Crippen molar-refractivity contribution in [3.63, 3.8) is 0 Å². The summed E-state index contributed by atoms with van der Waals surface area (Å²) < 4.78 is 4.99. The van der Waals surface area contributed by atoms with Crippen molar-refractivity contribution in [3.05, 3.63) is 23.4 Å². The highest BCUT2D eigenvalue weighted by Gasteiger charge is 2.47. The normalized spacial score (nSPS) is 20.5. The average molecular weight is 383 g/mol. The summed E-state index contributed by atoms with van der Waals surface area (Å²) in [6, 6.07) is 2.37. The molecule has 1 aliphatic heterocycles. The molecule has 0 unspecified atom stereocenters. The smallest absolute Gasteiger partial charge is 0.327 e. The van der Waals surface area contributed by atoms with Gasteiger partial charge in [-0.1, -0.05) is 18.5 Å². The summed E-state index contributed by atoms with van der Waals surface area (Å²) in [4.78, 5) is 52.8. The molecule has 1 aromatic rings. The van der Waals surface area contributed by atoms with Crippen molar-refractivity contribution < 1.29 is 23.9 Å². The van der Waals surface area contributed by atoms with Gasteiger partial charge in [0.1, 0.15) is 17.9 Å². The minimum absolute atomic E-state index is 0.245. The first-order valence-corrected chi connectivity index (χ1v) is 8.30. The molecule has 0 aliphatic carbocycles. The number of esters is 1. The summed E-state index contributed by atoms with van der Waals surface area (Å²) in [6.45, 7) is 4.12. The predicted molar refractivity (Wildman–Crippen MR) is 92.4 cm³/mol. The molecule has 4 amide bonds. The van der Waals surface area contributed by atoms with Gasteiger partial charge in [0.2, 0.25) is 0 Å². The number of hydrogen-bond donors (Lipinski definition) is 2. The van der Waals surface area contributed by atoms with Gasteiger partial charge in [-0.05, 0) is 32.4 Å². The fourth-order valence-corrected chi connectivity index (χ4v) is 2.34. The maximum absolute atomic E-state index is 12.2. The van der Waals surface area contributed by atoms with Crippen LogP contribution < -0.4 is 10.6 Å². The number of urea groups is 1. The van der Waals surface area contributed by atoms with E-state index in [4.69, 9.17) is 16.3 Å². The van der Waals surface area contributed by atoms with Gasteiger partial charge in [-0.15, -0.1) is 0 Å². The highest BCUT2D eigenvalue weighted by molar-refractivity contribution is 6.30. The second-order valence-corrected chi connectivity index (χ2v) is 6.43. The van der Waals surface area contributed by atoms with Crippen LogP contribution in [-0.2, 0) is 19.1 Å². The van der Waals surface area contributed by atoms with Crippen LogP contribution in [0.4, 0.5) is 10.6 Å². The van der Waals surface area contributed by atoms with E-state index in [1.54, 1.807) is 19.9 Å². The van der Waals surface area contributed by atoms with Crippen LogP contribution in [0.2, 0.25) is 5.02 Å². The monoisotopic (exact) mass is 382 g/mol. The van der Waals surface area contributed by atoms with E-state index in [0.29, 0.717) is 11.4 Å². The Hall–Kier alpha value is -2.68. The molecule has 2 rings (SSSR count). The third kappa shape index (κ3) is 4.29. The number of rotatable bonds is 6. The Balaban J connectivity index is 1.90. The Morgan fingerprint density at radius 1 is 1.42 bits per heavy atom. The number of nitrogens with one attached hydrogen (secondary N) is 2. The molecule has 9 nitrogen and oxygen atoms in total. The number of imide groups is 1. The summed E-state index contributed by atoms with van der Waals surface area (Å²) in [5.74, 6) is -1.75. The zero-order chi connectivity index (χ0) is 19.5. The van der Waals surface area contributed by atoms with Crippen molar-refractivity contribution in [2.45, 2.75) is 38.8 Å². The van der Waals surface area contributed by atoms with Gasteiger partial charge in [0.15, 0.2) is 6.10 Å². The van der Waals surface area contributed by atoms with Crippen LogP contribution in [0.15, 0.2) is 18.3 Å². The van der Waals surface area contributed by atoms with E-state index in [1.165, 1.54) is 19.2 Å². The minimum atomic E-state index is -1.14. The summed E-state index contributed by atoms with van der Waals surface area (Å²) in [7, 11) is 0. The second-order valence-electron chi connectivity index (χ2n) is 5.99. The van der Waals surface area contributed by atoms with Crippen LogP contribution >= 0.6 is 11.6 Å². The van der Waals surface area contributed by atoms with Gasteiger partial charge in [0.25, 0.3) is 11.8 Å². The predicted octanol–water partition coefficient (Wildman–Crippen LogP) is 1.33. The standard InChI is InChI=1S/C16H19ClN4O5/c1-4-16(3)14(24)21(15(25)20-16)8-12(22)26-9(2)13(23)19-11-6-5-10(17)7-18-11/h5-7,9H,4,8H2,1-3H3,(H,20,25)(H,18,19,23)/t9-,16+/m1/s1. The first kappa shape index (κ1) is 19.6. The first-order valence-electron chi connectivity index (χ1n) is 7.92. The maximum atomic E-state index is 12.2. The maximum Gasteiger partial charge on any atom is 0.327 e. The quantitative estimate of drug-likeness (QED) is 0.566. The Kier molecular flexibility index (Phi) is 5.81. The van der Waals surface area contributed by atoms with Crippen molar-refractivity contribution in [1.82, 2.24) is 15.2 Å². The van der Waals surface area contributed by atoms with Gasteiger partial charge >= 0.3 is 12.0 Å². The van der Waals surface area contributed by atoms with Crippen LogP contribution in [0.3, 0.4) is 0 Å². The molecule has 0 saturated carbocycles. The van der Waals surface area contributed by atoms with Crippen molar-refractivity contribution in [2.75, 3.05) is 11.9 Å². The molecule has 2 atom stereocenters. The van der Waals surface area contributed by atoms with E-state index in [-0.39, 0.29) is 5.82 Å². The summed E-state index contributed by atoms with van der Waals surface area (Å²) in [6.07, 6.45) is 0.602. The van der Waals surface area contributed by atoms with Crippen molar-refractivity contribution >= 4 is 41.2 Å². The summed E-state index contributed by atoms with van der Waals surface area (Å²) in [5.41, 5.74) is -1.04. The lowest BCUT2D eigenvalue weighted by Crippen LogP contribution is -2.44. The van der Waals surface area contributed by atoms with Gasteiger partial charge in [-0.3, -0.25) is 19.3 Å². The summed E-state index contributed by atoms with van der Waals surface area (Å²) in [5, 5.41) is 5.40. The largest absolute Gasteiger partial charge is 0.451 e. The molecule has 1 saturated heterocycles. The third-order valence-corrected chi connectivity index (χ3v) is 4.22. The number of carbonyl (C=O) groups is 4. The molecular formula is C16H19ClN4O5. The van der Waals surface area contributed by atoms with Crippen LogP contribution in [0.5, 0.6) is 0 Å². The lowest BCUT2D eigenvalue weighted by Gasteiger charge is -2.19. The number of aromatic nitrogens is 1. The van der Waals surface area contributed by atoms with Gasteiger partial charge in [-0.2, -0.15) is 0 Å². The minimum Gasteiger partial charge on any atom is -0.451 e. The van der Waals surface area contributed by atoms with Crippen molar-refractivity contribution in [3.8, 4) is 0 Å². The SMILES string of the molecule is CC[C@]1(C)NC(=O)N(CC(=O)O[C@H](C)C(=O)Nc2ccc(Cl)cn2)C1=O. The number of nitrogens with zero attached hydrogens (tertiary/aromatic N) is 2. The summed E-state index contributed by atoms with van der Waals surface area (Å²) >= 11 is 5.71. The topological polar surface area (TPSA) is 118 Å². The molecule has 0 bridgehead atoms. The first-order chi connectivity index (χ1) is 12.2. The molecule has 0 spiro atoms. The van der Waals surface area contributed by atoms with E-state index < -0.39 is 42.0 Å². The number of carbonyl (C=O) groups excluding carboxylic acids is 4. The number of amides is 4.